The first kappa shape index (κ1) is 21.1. The van der Waals surface area contributed by atoms with Crippen LogP contribution in [-0.4, -0.2) is 36.3 Å². The van der Waals surface area contributed by atoms with Crippen molar-refractivity contribution in [3.05, 3.63) is 65.2 Å². The first-order valence-electron chi connectivity index (χ1n) is 10.5. The zero-order valence-electron chi connectivity index (χ0n) is 17.5. The highest BCUT2D eigenvalue weighted by molar-refractivity contribution is 5.95. The van der Waals surface area contributed by atoms with E-state index in [1.807, 2.05) is 29.2 Å². The number of nitrogens with zero attached hydrogens (tertiary/aromatic N) is 2. The lowest BCUT2D eigenvalue weighted by molar-refractivity contribution is -0.120. The summed E-state index contributed by atoms with van der Waals surface area (Å²) in [5.41, 5.74) is 4.26. The van der Waals surface area contributed by atoms with E-state index in [2.05, 4.69) is 48.3 Å². The van der Waals surface area contributed by atoms with E-state index in [4.69, 9.17) is 0 Å². The average Bonchev–Trinajstić information content (AvgIpc) is 3.18. The third kappa shape index (κ3) is 5.91. The van der Waals surface area contributed by atoms with E-state index in [9.17, 15) is 9.59 Å². The predicted octanol–water partition coefficient (Wildman–Crippen LogP) is 3.51. The molecule has 1 N–H and O–H groups in total. The van der Waals surface area contributed by atoms with Gasteiger partial charge in [-0.25, -0.2) is 0 Å². The van der Waals surface area contributed by atoms with Crippen molar-refractivity contribution < 1.29 is 9.59 Å². The Balaban J connectivity index is 1.46. The molecule has 5 nitrogen and oxygen atoms in total. The molecule has 0 unspecified atom stereocenters. The average molecular weight is 394 g/mol. The van der Waals surface area contributed by atoms with Crippen LogP contribution >= 0.6 is 0 Å². The molecule has 3 rings (SSSR count). The zero-order valence-corrected chi connectivity index (χ0v) is 17.5. The fourth-order valence-electron chi connectivity index (χ4n) is 3.63. The van der Waals surface area contributed by atoms with Crippen LogP contribution in [0.15, 0.2) is 48.5 Å². The van der Waals surface area contributed by atoms with Crippen molar-refractivity contribution >= 4 is 17.5 Å². The van der Waals surface area contributed by atoms with E-state index in [1.54, 1.807) is 0 Å². The molecule has 1 aliphatic heterocycles. The predicted molar refractivity (Wildman–Crippen MR) is 117 cm³/mol. The lowest BCUT2D eigenvalue weighted by atomic mass is 10.1. The Labute approximate surface area is 173 Å². The van der Waals surface area contributed by atoms with E-state index in [-0.39, 0.29) is 11.8 Å². The van der Waals surface area contributed by atoms with Crippen molar-refractivity contribution in [2.45, 2.75) is 46.2 Å². The summed E-state index contributed by atoms with van der Waals surface area (Å²) in [5, 5.41) is 2.99. The minimum atomic E-state index is 0.00205. The van der Waals surface area contributed by atoms with Gasteiger partial charge in [0.1, 0.15) is 0 Å². The van der Waals surface area contributed by atoms with Gasteiger partial charge in [0.05, 0.1) is 6.42 Å². The fraction of sp³-hybridized carbons (Fsp3) is 0.417. The highest BCUT2D eigenvalue weighted by Crippen LogP contribution is 2.21. The summed E-state index contributed by atoms with van der Waals surface area (Å²) in [6.07, 6.45) is 1.88. The molecule has 1 fully saturated rings. The van der Waals surface area contributed by atoms with Gasteiger partial charge < -0.3 is 10.2 Å². The Kier molecular flexibility index (Phi) is 7.42. The molecular formula is C24H31N3O2. The first-order chi connectivity index (χ1) is 14.1. The Morgan fingerprint density at radius 1 is 0.966 bits per heavy atom. The third-order valence-corrected chi connectivity index (χ3v) is 5.50. The van der Waals surface area contributed by atoms with Crippen molar-refractivity contribution in [1.29, 1.82) is 0 Å². The van der Waals surface area contributed by atoms with E-state index in [0.717, 1.165) is 49.4 Å². The van der Waals surface area contributed by atoms with Crippen LogP contribution in [0.2, 0.25) is 0 Å². The topological polar surface area (TPSA) is 52.7 Å². The molecule has 2 amide bonds. The molecule has 29 heavy (non-hydrogen) atoms. The van der Waals surface area contributed by atoms with Gasteiger partial charge in [0, 0.05) is 31.7 Å². The summed E-state index contributed by atoms with van der Waals surface area (Å²) in [6, 6.07) is 16.2. The normalized spacial score (nSPS) is 13.9. The van der Waals surface area contributed by atoms with E-state index in [1.165, 1.54) is 5.56 Å². The van der Waals surface area contributed by atoms with Crippen molar-refractivity contribution in [3.8, 4) is 0 Å². The summed E-state index contributed by atoms with van der Waals surface area (Å²) in [7, 11) is 0. The summed E-state index contributed by atoms with van der Waals surface area (Å²) in [6.45, 7) is 8.71. The fourth-order valence-corrected chi connectivity index (χ4v) is 3.63. The maximum atomic E-state index is 12.3. The molecule has 0 aliphatic carbocycles. The second-order valence-corrected chi connectivity index (χ2v) is 7.55. The van der Waals surface area contributed by atoms with Gasteiger partial charge in [-0.05, 0) is 48.3 Å². The van der Waals surface area contributed by atoms with Crippen LogP contribution in [0.3, 0.4) is 0 Å². The Bertz CT molecular complexity index is 811. The molecule has 0 saturated carbocycles. The number of anilines is 1. The largest absolute Gasteiger partial charge is 0.352 e. The number of hydrogen-bond acceptors (Lipinski definition) is 3. The number of amides is 2. The van der Waals surface area contributed by atoms with Crippen LogP contribution in [0.4, 0.5) is 5.69 Å². The maximum absolute atomic E-state index is 12.3. The van der Waals surface area contributed by atoms with Gasteiger partial charge in [0.25, 0.3) is 0 Å². The molecule has 5 heteroatoms. The van der Waals surface area contributed by atoms with Gasteiger partial charge in [0.2, 0.25) is 11.8 Å². The first-order valence-corrected chi connectivity index (χ1v) is 10.5. The molecular weight excluding hydrogens is 362 g/mol. The van der Waals surface area contributed by atoms with Gasteiger partial charge in [-0.3, -0.25) is 14.5 Å². The quantitative estimate of drug-likeness (QED) is 0.709. The molecule has 0 spiro atoms. The monoisotopic (exact) mass is 393 g/mol. The molecule has 0 aromatic heterocycles. The number of rotatable bonds is 9. The minimum Gasteiger partial charge on any atom is -0.352 e. The molecule has 0 atom stereocenters. The SMILES string of the molecule is CCN(CC)Cc1ccc(CNC(=O)Cc2ccc(N3CCCC3=O)cc2)cc1. The summed E-state index contributed by atoms with van der Waals surface area (Å²) < 4.78 is 0. The Hall–Kier alpha value is -2.66. The van der Waals surface area contributed by atoms with Gasteiger partial charge in [-0.1, -0.05) is 50.2 Å². The number of carbonyl (C=O) groups excluding carboxylic acids is 2. The Morgan fingerprint density at radius 3 is 2.17 bits per heavy atom. The maximum Gasteiger partial charge on any atom is 0.227 e. The Morgan fingerprint density at radius 2 is 1.59 bits per heavy atom. The van der Waals surface area contributed by atoms with Crippen LogP contribution in [-0.2, 0) is 29.1 Å². The molecule has 0 bridgehead atoms. The van der Waals surface area contributed by atoms with E-state index in [0.29, 0.717) is 19.4 Å². The molecule has 1 heterocycles. The lowest BCUT2D eigenvalue weighted by Crippen LogP contribution is -2.25. The zero-order chi connectivity index (χ0) is 20.6. The second-order valence-electron chi connectivity index (χ2n) is 7.55. The molecule has 154 valence electrons. The van der Waals surface area contributed by atoms with Gasteiger partial charge in [-0.2, -0.15) is 0 Å². The summed E-state index contributed by atoms with van der Waals surface area (Å²) in [5.74, 6) is 0.181. The number of nitrogens with one attached hydrogen (secondary N) is 1. The van der Waals surface area contributed by atoms with Crippen molar-refractivity contribution in [2.75, 3.05) is 24.5 Å². The van der Waals surface area contributed by atoms with Crippen molar-refractivity contribution in [3.63, 3.8) is 0 Å². The standard InChI is InChI=1S/C24H31N3O2/c1-3-26(4-2)18-21-9-7-20(8-10-21)17-25-23(28)16-19-11-13-22(14-12-19)27-15-5-6-24(27)29/h7-14H,3-6,15-18H2,1-2H3,(H,25,28). The number of hydrogen-bond donors (Lipinski definition) is 1. The van der Waals surface area contributed by atoms with E-state index < -0.39 is 0 Å². The van der Waals surface area contributed by atoms with E-state index >= 15 is 0 Å². The van der Waals surface area contributed by atoms with Crippen LogP contribution in [0.5, 0.6) is 0 Å². The molecule has 2 aromatic carbocycles. The van der Waals surface area contributed by atoms with Crippen LogP contribution in [0.1, 0.15) is 43.4 Å². The van der Waals surface area contributed by atoms with Crippen molar-refractivity contribution in [2.24, 2.45) is 0 Å². The van der Waals surface area contributed by atoms with Crippen LogP contribution in [0, 0.1) is 0 Å². The highest BCUT2D eigenvalue weighted by Gasteiger charge is 2.21. The van der Waals surface area contributed by atoms with Crippen LogP contribution < -0.4 is 10.2 Å². The minimum absolute atomic E-state index is 0.00205. The summed E-state index contributed by atoms with van der Waals surface area (Å²) >= 11 is 0. The van der Waals surface area contributed by atoms with Gasteiger partial charge in [-0.15, -0.1) is 0 Å². The second kappa shape index (κ2) is 10.2. The molecule has 2 aromatic rings. The molecule has 0 radical (unpaired) electrons. The number of benzene rings is 2. The molecule has 1 saturated heterocycles. The molecule has 1 aliphatic rings. The van der Waals surface area contributed by atoms with Crippen LogP contribution in [0.25, 0.3) is 0 Å². The van der Waals surface area contributed by atoms with Gasteiger partial charge >= 0.3 is 0 Å². The summed E-state index contributed by atoms with van der Waals surface area (Å²) in [4.78, 5) is 28.3. The smallest absolute Gasteiger partial charge is 0.227 e. The van der Waals surface area contributed by atoms with Gasteiger partial charge in [0.15, 0.2) is 0 Å². The third-order valence-electron chi connectivity index (χ3n) is 5.50. The van der Waals surface area contributed by atoms with Crippen molar-refractivity contribution in [1.82, 2.24) is 10.2 Å². The lowest BCUT2D eigenvalue weighted by Gasteiger charge is -2.18. The highest BCUT2D eigenvalue weighted by atomic mass is 16.2. The number of carbonyl (C=O) groups is 2.